The summed E-state index contributed by atoms with van der Waals surface area (Å²) in [5, 5.41) is 0. The van der Waals surface area contributed by atoms with Gasteiger partial charge >= 0.3 is 11.0 Å². The van der Waals surface area contributed by atoms with Gasteiger partial charge in [-0.25, -0.2) is 0 Å². The Hall–Kier alpha value is 0.0200. The Morgan fingerprint density at radius 1 is 1.00 bits per heavy atom. The predicted molar refractivity (Wildman–Crippen MR) is 41.3 cm³/mol. The highest BCUT2D eigenvalue weighted by atomic mass is 32.2. The number of thioether (sulfide) groups is 2. The van der Waals surface area contributed by atoms with Gasteiger partial charge in [0.05, 0.1) is 0 Å². The third kappa shape index (κ3) is 9.94. The van der Waals surface area contributed by atoms with E-state index in [1.807, 2.05) is 0 Å². The highest BCUT2D eigenvalue weighted by molar-refractivity contribution is 8.06. The SMILES string of the molecule is C=C(CSC(F)(F)F)SC(F)(F)F. The second-order valence-corrected chi connectivity index (χ2v) is 4.11. The molecular formula is C5H4F6S2. The second kappa shape index (κ2) is 4.50. The van der Waals surface area contributed by atoms with Crippen molar-refractivity contribution in [2.75, 3.05) is 5.75 Å². The van der Waals surface area contributed by atoms with Crippen LogP contribution in [0.15, 0.2) is 11.5 Å². The van der Waals surface area contributed by atoms with Crippen LogP contribution < -0.4 is 0 Å². The van der Waals surface area contributed by atoms with Gasteiger partial charge in [0, 0.05) is 5.75 Å². The molecule has 0 aliphatic carbocycles. The van der Waals surface area contributed by atoms with Crippen molar-refractivity contribution < 1.29 is 26.3 Å². The zero-order valence-electron chi connectivity index (χ0n) is 6.00. The van der Waals surface area contributed by atoms with Crippen molar-refractivity contribution in [3.63, 3.8) is 0 Å². The van der Waals surface area contributed by atoms with Crippen LogP contribution in [0.4, 0.5) is 26.3 Å². The minimum atomic E-state index is -4.57. The average molecular weight is 242 g/mol. The Balaban J connectivity index is 3.78. The largest absolute Gasteiger partial charge is 0.446 e. The van der Waals surface area contributed by atoms with Gasteiger partial charge in [-0.1, -0.05) is 6.58 Å². The van der Waals surface area contributed by atoms with E-state index >= 15 is 0 Å². The molecule has 0 aromatic heterocycles. The van der Waals surface area contributed by atoms with Crippen LogP contribution in [-0.2, 0) is 0 Å². The fourth-order valence-corrected chi connectivity index (χ4v) is 1.42. The van der Waals surface area contributed by atoms with Crippen molar-refractivity contribution in [1.29, 1.82) is 0 Å². The predicted octanol–water partition coefficient (Wildman–Crippen LogP) is 4.01. The van der Waals surface area contributed by atoms with Gasteiger partial charge in [0.25, 0.3) is 0 Å². The van der Waals surface area contributed by atoms with Gasteiger partial charge in [-0.2, -0.15) is 26.3 Å². The number of hydrogen-bond donors (Lipinski definition) is 0. The molecule has 0 bridgehead atoms. The lowest BCUT2D eigenvalue weighted by atomic mass is 10.7. The highest BCUT2D eigenvalue weighted by Crippen LogP contribution is 2.39. The molecule has 78 valence electrons. The van der Waals surface area contributed by atoms with Crippen molar-refractivity contribution in [2.45, 2.75) is 11.0 Å². The summed E-state index contributed by atoms with van der Waals surface area (Å²) in [6, 6.07) is 0. The minimum Gasteiger partial charge on any atom is -0.160 e. The van der Waals surface area contributed by atoms with Gasteiger partial charge in [0.15, 0.2) is 0 Å². The Kier molecular flexibility index (Phi) is 4.50. The third-order valence-electron chi connectivity index (χ3n) is 0.657. The van der Waals surface area contributed by atoms with Crippen molar-refractivity contribution in [2.24, 2.45) is 0 Å². The van der Waals surface area contributed by atoms with Gasteiger partial charge in [0.2, 0.25) is 0 Å². The highest BCUT2D eigenvalue weighted by Gasteiger charge is 2.32. The topological polar surface area (TPSA) is 0 Å². The summed E-state index contributed by atoms with van der Waals surface area (Å²) in [5.74, 6) is -0.784. The summed E-state index contributed by atoms with van der Waals surface area (Å²) < 4.78 is 69.1. The summed E-state index contributed by atoms with van der Waals surface area (Å²) in [6.45, 7) is 2.87. The maximum Gasteiger partial charge on any atom is 0.446 e. The third-order valence-corrected chi connectivity index (χ3v) is 2.32. The lowest BCUT2D eigenvalue weighted by Crippen LogP contribution is -2.05. The van der Waals surface area contributed by atoms with Crippen molar-refractivity contribution in [3.05, 3.63) is 11.5 Å². The Morgan fingerprint density at radius 2 is 1.46 bits per heavy atom. The molecule has 0 radical (unpaired) electrons. The van der Waals surface area contributed by atoms with E-state index in [0.717, 1.165) is 0 Å². The zero-order chi connectivity index (χ0) is 10.7. The molecule has 0 aliphatic rings. The van der Waals surface area contributed by atoms with Crippen LogP contribution in [0.5, 0.6) is 0 Å². The number of rotatable bonds is 3. The first-order valence-electron chi connectivity index (χ1n) is 2.74. The first kappa shape index (κ1) is 13.0. The molecule has 0 spiro atoms. The Bertz CT molecular complexity index is 180. The molecule has 13 heavy (non-hydrogen) atoms. The molecule has 0 amide bonds. The van der Waals surface area contributed by atoms with Crippen LogP contribution in [-0.4, -0.2) is 16.8 Å². The van der Waals surface area contributed by atoms with E-state index < -0.39 is 45.2 Å². The van der Waals surface area contributed by atoms with E-state index in [1.54, 1.807) is 0 Å². The Morgan fingerprint density at radius 3 is 1.77 bits per heavy atom. The lowest BCUT2D eigenvalue weighted by molar-refractivity contribution is -0.0339. The molecule has 0 fully saturated rings. The van der Waals surface area contributed by atoms with Crippen LogP contribution in [0.3, 0.4) is 0 Å². The van der Waals surface area contributed by atoms with Gasteiger partial charge in [-0.15, -0.1) is 0 Å². The maximum absolute atomic E-state index is 11.5. The van der Waals surface area contributed by atoms with Crippen LogP contribution in [0, 0.1) is 0 Å². The monoisotopic (exact) mass is 242 g/mol. The zero-order valence-corrected chi connectivity index (χ0v) is 7.63. The molecule has 0 atom stereocenters. The van der Waals surface area contributed by atoms with Crippen molar-refractivity contribution in [3.8, 4) is 0 Å². The van der Waals surface area contributed by atoms with E-state index in [0.29, 0.717) is 0 Å². The van der Waals surface area contributed by atoms with Crippen molar-refractivity contribution >= 4 is 23.5 Å². The van der Waals surface area contributed by atoms with Crippen LogP contribution in [0.1, 0.15) is 0 Å². The molecule has 0 aliphatic heterocycles. The van der Waals surface area contributed by atoms with E-state index in [-0.39, 0.29) is 0 Å². The molecule has 0 aromatic rings. The first-order valence-corrected chi connectivity index (χ1v) is 4.54. The molecule has 8 heteroatoms. The van der Waals surface area contributed by atoms with Crippen LogP contribution in [0.25, 0.3) is 0 Å². The number of alkyl halides is 6. The van der Waals surface area contributed by atoms with Crippen molar-refractivity contribution in [1.82, 2.24) is 0 Å². The van der Waals surface area contributed by atoms with E-state index in [1.165, 1.54) is 0 Å². The molecule has 0 saturated carbocycles. The second-order valence-electron chi connectivity index (χ2n) is 1.82. The molecule has 0 heterocycles. The van der Waals surface area contributed by atoms with Gasteiger partial charge in [0.1, 0.15) is 0 Å². The lowest BCUT2D eigenvalue weighted by Gasteiger charge is -2.09. The first-order chi connectivity index (χ1) is 5.60. The fraction of sp³-hybridized carbons (Fsp3) is 0.600. The molecule has 0 unspecified atom stereocenters. The van der Waals surface area contributed by atoms with Gasteiger partial charge < -0.3 is 0 Å². The quantitative estimate of drug-likeness (QED) is 0.686. The minimum absolute atomic E-state index is 0.538. The molecule has 0 rings (SSSR count). The number of hydrogen-bond acceptors (Lipinski definition) is 2. The summed E-state index contributed by atoms with van der Waals surface area (Å²) >= 11 is -1.16. The molecule has 0 nitrogen and oxygen atoms in total. The average Bonchev–Trinajstić information content (AvgIpc) is 1.78. The molecule has 0 saturated heterocycles. The molecular weight excluding hydrogens is 238 g/mol. The van der Waals surface area contributed by atoms with E-state index in [4.69, 9.17) is 0 Å². The normalized spacial score (nSPS) is 13.1. The molecule has 0 N–H and O–H groups in total. The summed E-state index contributed by atoms with van der Waals surface area (Å²) in [7, 11) is 0. The van der Waals surface area contributed by atoms with Crippen LogP contribution >= 0.6 is 23.5 Å². The number of halogens is 6. The van der Waals surface area contributed by atoms with E-state index in [9.17, 15) is 26.3 Å². The summed E-state index contributed by atoms with van der Waals surface area (Å²) in [6.07, 6.45) is 0. The summed E-state index contributed by atoms with van der Waals surface area (Å²) in [4.78, 5) is -0.560. The smallest absolute Gasteiger partial charge is 0.160 e. The van der Waals surface area contributed by atoms with Gasteiger partial charge in [-0.05, 0) is 28.4 Å². The standard InChI is InChI=1S/C5H4F6S2/c1-3(13-5(9,10)11)2-12-4(6,7)8/h1-2H2. The fourth-order valence-electron chi connectivity index (χ4n) is 0.355. The van der Waals surface area contributed by atoms with E-state index in [2.05, 4.69) is 6.58 Å². The molecule has 0 aromatic carbocycles. The maximum atomic E-state index is 11.5. The van der Waals surface area contributed by atoms with Crippen LogP contribution in [0.2, 0.25) is 0 Å². The van der Waals surface area contributed by atoms with Gasteiger partial charge in [-0.3, -0.25) is 0 Å². The Labute approximate surface area is 78.7 Å². The summed E-state index contributed by atoms with van der Waals surface area (Å²) in [5.41, 5.74) is -9.08.